The first-order valence-corrected chi connectivity index (χ1v) is 14.2. The summed E-state index contributed by atoms with van der Waals surface area (Å²) in [5, 5.41) is 4.33. The molecule has 3 heteroatoms. The summed E-state index contributed by atoms with van der Waals surface area (Å²) >= 11 is 0. The smallest absolute Gasteiger partial charge is 0.410 e. The number of benzene rings is 4. The number of alkyl halides is 1. The molecule has 0 amide bonds. The van der Waals surface area contributed by atoms with Crippen LogP contribution in [0.4, 0.5) is 4.39 Å². The van der Waals surface area contributed by atoms with Gasteiger partial charge >= 0.3 is 6.04 Å². The largest absolute Gasteiger partial charge is 0.426 e. The number of halogens is 1. The Kier molecular flexibility index (Phi) is 5.64. The van der Waals surface area contributed by atoms with Gasteiger partial charge in [-0.05, 0) is 90.0 Å². The lowest BCUT2D eigenvalue weighted by atomic mass is 9.69. The summed E-state index contributed by atoms with van der Waals surface area (Å²) in [5.74, 6) is 3.23. The Morgan fingerprint density at radius 3 is 1.57 bits per heavy atom. The van der Waals surface area contributed by atoms with Crippen LogP contribution in [0.3, 0.4) is 0 Å². The second-order valence-corrected chi connectivity index (χ2v) is 11.7. The molecule has 190 valence electrons. The Balaban J connectivity index is 1.28. The molecule has 2 nitrogen and oxygen atoms in total. The van der Waals surface area contributed by atoms with E-state index < -0.39 is 6.04 Å². The van der Waals surface area contributed by atoms with Crippen molar-refractivity contribution in [2.45, 2.75) is 64.3 Å². The van der Waals surface area contributed by atoms with Crippen LogP contribution in [0.2, 0.25) is 0 Å². The molecule has 0 spiro atoms. The molecule has 0 bridgehead atoms. The van der Waals surface area contributed by atoms with Crippen LogP contribution < -0.4 is 9.47 Å². The first-order chi connectivity index (χ1) is 18.1. The Morgan fingerprint density at radius 2 is 1.05 bits per heavy atom. The topological polar surface area (TPSA) is 18.5 Å². The van der Waals surface area contributed by atoms with Crippen molar-refractivity contribution in [1.82, 2.24) is 0 Å². The summed E-state index contributed by atoms with van der Waals surface area (Å²) in [6.07, 6.45) is 9.11. The molecule has 1 heterocycles. The van der Waals surface area contributed by atoms with Crippen molar-refractivity contribution in [3.8, 4) is 22.6 Å². The van der Waals surface area contributed by atoms with Gasteiger partial charge in [0.1, 0.15) is 11.5 Å². The Bertz CT molecular complexity index is 1360. The summed E-state index contributed by atoms with van der Waals surface area (Å²) < 4.78 is 29.7. The number of ether oxygens (including phenoxy) is 2. The lowest BCUT2D eigenvalue weighted by Gasteiger charge is -2.40. The Morgan fingerprint density at radius 1 is 0.595 bits per heavy atom. The van der Waals surface area contributed by atoms with Gasteiger partial charge in [0.25, 0.3) is 0 Å². The maximum atomic E-state index is 17.1. The van der Waals surface area contributed by atoms with Crippen LogP contribution in [0, 0.1) is 23.7 Å². The van der Waals surface area contributed by atoms with E-state index in [1.807, 2.05) is 48.5 Å². The van der Waals surface area contributed by atoms with Crippen molar-refractivity contribution in [2.75, 3.05) is 0 Å². The van der Waals surface area contributed by atoms with Crippen LogP contribution in [0.25, 0.3) is 32.7 Å². The highest BCUT2D eigenvalue weighted by Crippen LogP contribution is 2.53. The molecule has 2 fully saturated rings. The highest BCUT2D eigenvalue weighted by Gasteiger charge is 2.49. The van der Waals surface area contributed by atoms with E-state index in [9.17, 15) is 0 Å². The SMILES string of the molecule is CC1CCC(C2CCC(C3(F)Oc4ccc5ccccc5c4-c4c(ccc5ccccc45)O3)CC2)CC1. The fourth-order valence-corrected chi connectivity index (χ4v) is 7.37. The van der Waals surface area contributed by atoms with Gasteiger partial charge in [0.2, 0.25) is 0 Å². The number of fused-ring (bicyclic) bond motifs is 7. The Labute approximate surface area is 218 Å². The van der Waals surface area contributed by atoms with E-state index in [1.54, 1.807) is 0 Å². The third kappa shape index (κ3) is 3.98. The molecule has 4 aromatic carbocycles. The standard InChI is InChI=1S/C34H35FO2/c1-22-10-12-23(13-11-22)24-14-18-27(19-15-24)34(35)36-30-20-16-25-6-2-4-8-28(25)32(30)33-29-9-5-3-7-26(29)17-21-31(33)37-34/h2-9,16-17,20-24,27H,10-15,18-19H2,1H3. The summed E-state index contributed by atoms with van der Waals surface area (Å²) in [7, 11) is 0. The van der Waals surface area contributed by atoms with E-state index in [0.717, 1.165) is 70.2 Å². The van der Waals surface area contributed by atoms with Crippen LogP contribution >= 0.6 is 0 Å². The zero-order chi connectivity index (χ0) is 25.0. The Hall–Kier alpha value is -3.07. The van der Waals surface area contributed by atoms with E-state index in [2.05, 4.69) is 31.2 Å². The van der Waals surface area contributed by atoms with Crippen LogP contribution in [-0.4, -0.2) is 6.04 Å². The minimum atomic E-state index is -2.18. The van der Waals surface area contributed by atoms with E-state index in [0.29, 0.717) is 17.4 Å². The molecule has 37 heavy (non-hydrogen) atoms. The molecule has 0 radical (unpaired) electrons. The summed E-state index contributed by atoms with van der Waals surface area (Å²) in [4.78, 5) is 0. The third-order valence-electron chi connectivity index (χ3n) is 9.52. The minimum Gasteiger partial charge on any atom is -0.426 e. The van der Waals surface area contributed by atoms with Crippen molar-refractivity contribution >= 4 is 21.5 Å². The molecule has 0 saturated heterocycles. The van der Waals surface area contributed by atoms with E-state index in [4.69, 9.17) is 9.47 Å². The number of rotatable bonds is 2. The van der Waals surface area contributed by atoms with Crippen molar-refractivity contribution in [3.05, 3.63) is 72.8 Å². The van der Waals surface area contributed by atoms with Crippen molar-refractivity contribution < 1.29 is 13.9 Å². The fourth-order valence-electron chi connectivity index (χ4n) is 7.37. The molecule has 0 aromatic heterocycles. The molecule has 2 aliphatic carbocycles. The van der Waals surface area contributed by atoms with Crippen molar-refractivity contribution in [3.63, 3.8) is 0 Å². The van der Waals surface area contributed by atoms with Crippen LogP contribution in [0.15, 0.2) is 72.8 Å². The van der Waals surface area contributed by atoms with Gasteiger partial charge in [0.05, 0.1) is 5.92 Å². The normalized spacial score (nSPS) is 27.0. The molecule has 4 aromatic rings. The van der Waals surface area contributed by atoms with Gasteiger partial charge in [-0.1, -0.05) is 80.4 Å². The van der Waals surface area contributed by atoms with Crippen molar-refractivity contribution in [2.24, 2.45) is 23.7 Å². The average Bonchev–Trinajstić information content (AvgIpc) is 3.08. The van der Waals surface area contributed by atoms with Gasteiger partial charge in [0, 0.05) is 11.1 Å². The van der Waals surface area contributed by atoms with Gasteiger partial charge < -0.3 is 9.47 Å². The molecular formula is C34H35FO2. The highest BCUT2D eigenvalue weighted by molar-refractivity contribution is 6.09. The molecule has 0 N–H and O–H groups in total. The maximum Gasteiger partial charge on any atom is 0.410 e. The quantitative estimate of drug-likeness (QED) is 0.276. The molecule has 3 aliphatic rings. The lowest BCUT2D eigenvalue weighted by molar-refractivity contribution is -0.257. The van der Waals surface area contributed by atoms with Gasteiger partial charge in [-0.3, -0.25) is 0 Å². The lowest BCUT2D eigenvalue weighted by Crippen LogP contribution is -2.46. The summed E-state index contributed by atoms with van der Waals surface area (Å²) in [5.41, 5.74) is 1.85. The predicted molar refractivity (Wildman–Crippen MR) is 149 cm³/mol. The molecule has 7 rings (SSSR count). The molecule has 0 unspecified atom stereocenters. The highest BCUT2D eigenvalue weighted by atomic mass is 19.2. The van der Waals surface area contributed by atoms with Crippen LogP contribution in [0.1, 0.15) is 58.3 Å². The average molecular weight is 495 g/mol. The monoisotopic (exact) mass is 494 g/mol. The number of hydrogen-bond donors (Lipinski definition) is 0. The van der Waals surface area contributed by atoms with E-state index >= 15 is 4.39 Å². The molecule has 1 aliphatic heterocycles. The second kappa shape index (κ2) is 9.04. The third-order valence-corrected chi connectivity index (χ3v) is 9.52. The predicted octanol–water partition coefficient (Wildman–Crippen LogP) is 9.69. The minimum absolute atomic E-state index is 0.289. The zero-order valence-corrected chi connectivity index (χ0v) is 21.6. The second-order valence-electron chi connectivity index (χ2n) is 11.7. The molecule has 2 saturated carbocycles. The first kappa shape index (κ1) is 23.1. The van der Waals surface area contributed by atoms with Gasteiger partial charge in [-0.2, -0.15) is 4.39 Å². The number of hydrogen-bond acceptors (Lipinski definition) is 2. The zero-order valence-electron chi connectivity index (χ0n) is 21.6. The fraction of sp³-hybridized carbons (Fsp3) is 0.412. The van der Waals surface area contributed by atoms with E-state index in [-0.39, 0.29) is 5.92 Å². The van der Waals surface area contributed by atoms with E-state index in [1.165, 1.54) is 25.7 Å². The summed E-state index contributed by atoms with van der Waals surface area (Å²) in [6.45, 7) is 2.38. The van der Waals surface area contributed by atoms with Crippen LogP contribution in [-0.2, 0) is 0 Å². The van der Waals surface area contributed by atoms with Gasteiger partial charge in [-0.15, -0.1) is 0 Å². The van der Waals surface area contributed by atoms with Crippen LogP contribution in [0.5, 0.6) is 11.5 Å². The maximum absolute atomic E-state index is 17.1. The van der Waals surface area contributed by atoms with Crippen molar-refractivity contribution in [1.29, 1.82) is 0 Å². The molecule has 0 atom stereocenters. The van der Waals surface area contributed by atoms with Gasteiger partial charge in [0.15, 0.2) is 0 Å². The molecular weight excluding hydrogens is 459 g/mol. The summed E-state index contributed by atoms with van der Waals surface area (Å²) in [6, 6.07) is 22.3. The first-order valence-electron chi connectivity index (χ1n) is 14.2. The van der Waals surface area contributed by atoms with Gasteiger partial charge in [-0.25, -0.2) is 0 Å².